The van der Waals surface area contributed by atoms with Crippen molar-refractivity contribution in [2.24, 2.45) is 0 Å². The Bertz CT molecular complexity index is 515. The molecule has 6 heteroatoms. The molecule has 0 aromatic carbocycles. The number of carboxylic acids is 1. The molecule has 0 spiro atoms. The lowest BCUT2D eigenvalue weighted by atomic mass is 10.1. The zero-order chi connectivity index (χ0) is 14.5. The van der Waals surface area contributed by atoms with E-state index in [9.17, 15) is 9.59 Å². The van der Waals surface area contributed by atoms with Gasteiger partial charge in [-0.05, 0) is 26.0 Å². The third-order valence-electron chi connectivity index (χ3n) is 2.20. The summed E-state index contributed by atoms with van der Waals surface area (Å²) in [6.07, 6.45) is 6.49. The number of hydrogen-bond donors (Lipinski definition) is 3. The van der Waals surface area contributed by atoms with E-state index in [-0.39, 0.29) is 6.42 Å². The van der Waals surface area contributed by atoms with E-state index in [1.807, 2.05) is 0 Å². The third-order valence-corrected chi connectivity index (χ3v) is 2.20. The lowest BCUT2D eigenvalue weighted by Gasteiger charge is -2.19. The van der Waals surface area contributed by atoms with E-state index >= 15 is 0 Å². The molecular weight excluding hydrogens is 246 g/mol. The van der Waals surface area contributed by atoms with Crippen molar-refractivity contribution in [2.45, 2.75) is 25.8 Å². The van der Waals surface area contributed by atoms with Crippen LogP contribution in [0.25, 0.3) is 0 Å². The van der Waals surface area contributed by atoms with E-state index in [0.717, 1.165) is 0 Å². The molecule has 0 saturated heterocycles. The third kappa shape index (κ3) is 5.08. The number of terminal acetylenes is 1. The van der Waals surface area contributed by atoms with E-state index in [4.69, 9.17) is 11.5 Å². The predicted octanol–water partition coefficient (Wildman–Crippen LogP) is 1.24. The molecule has 0 unspecified atom stereocenters. The maximum Gasteiger partial charge on any atom is 0.320 e. The van der Waals surface area contributed by atoms with Crippen molar-refractivity contribution >= 4 is 17.7 Å². The molecule has 1 aromatic heterocycles. The summed E-state index contributed by atoms with van der Waals surface area (Å²) in [7, 11) is 0. The number of amides is 2. The fraction of sp³-hybridized carbons (Fsp3) is 0.308. The molecule has 0 bridgehead atoms. The number of nitrogens with zero attached hydrogens (tertiary/aromatic N) is 1. The molecule has 0 fully saturated rings. The maximum absolute atomic E-state index is 11.6. The first-order valence-corrected chi connectivity index (χ1v) is 5.56. The number of anilines is 1. The van der Waals surface area contributed by atoms with Gasteiger partial charge in [0.1, 0.15) is 0 Å². The Morgan fingerprint density at radius 1 is 1.47 bits per heavy atom. The molecule has 0 atom stereocenters. The number of carbonyl (C=O) groups is 2. The van der Waals surface area contributed by atoms with E-state index in [1.54, 1.807) is 19.9 Å². The molecule has 2 amide bonds. The lowest BCUT2D eigenvalue weighted by molar-refractivity contribution is -0.136. The summed E-state index contributed by atoms with van der Waals surface area (Å²) < 4.78 is 0. The van der Waals surface area contributed by atoms with Crippen LogP contribution in [0, 0.1) is 12.3 Å². The summed E-state index contributed by atoms with van der Waals surface area (Å²) in [5.41, 5.74) is 0.127. The van der Waals surface area contributed by atoms with Gasteiger partial charge in [0.2, 0.25) is 0 Å². The molecule has 0 aliphatic heterocycles. The van der Waals surface area contributed by atoms with Crippen LogP contribution < -0.4 is 10.6 Å². The molecule has 100 valence electrons. The molecule has 19 heavy (non-hydrogen) atoms. The number of pyridine rings is 1. The number of carbonyl (C=O) groups excluding carboxylic acids is 1. The van der Waals surface area contributed by atoms with Crippen LogP contribution in [-0.4, -0.2) is 27.6 Å². The fourth-order valence-electron chi connectivity index (χ4n) is 1.24. The second kappa shape index (κ2) is 5.87. The van der Waals surface area contributed by atoms with Crippen LogP contribution in [0.2, 0.25) is 0 Å². The van der Waals surface area contributed by atoms with Crippen molar-refractivity contribution in [3.8, 4) is 12.3 Å². The van der Waals surface area contributed by atoms with Gasteiger partial charge in [-0.25, -0.2) is 4.79 Å². The number of nitrogens with one attached hydrogen (secondary N) is 2. The molecule has 0 saturated carbocycles. The van der Waals surface area contributed by atoms with Crippen molar-refractivity contribution in [2.75, 3.05) is 5.32 Å². The van der Waals surface area contributed by atoms with Crippen molar-refractivity contribution < 1.29 is 14.7 Å². The Labute approximate surface area is 111 Å². The lowest BCUT2D eigenvalue weighted by Crippen LogP contribution is -2.44. The zero-order valence-corrected chi connectivity index (χ0v) is 10.7. The van der Waals surface area contributed by atoms with Gasteiger partial charge < -0.3 is 15.7 Å². The van der Waals surface area contributed by atoms with Crippen LogP contribution in [-0.2, 0) is 11.2 Å². The van der Waals surface area contributed by atoms with Gasteiger partial charge in [-0.2, -0.15) is 0 Å². The highest BCUT2D eigenvalue weighted by molar-refractivity contribution is 5.89. The highest BCUT2D eigenvalue weighted by Crippen LogP contribution is 2.07. The monoisotopic (exact) mass is 261 g/mol. The molecule has 1 heterocycles. The van der Waals surface area contributed by atoms with Gasteiger partial charge >= 0.3 is 12.0 Å². The van der Waals surface area contributed by atoms with E-state index in [0.29, 0.717) is 11.4 Å². The number of urea groups is 1. The summed E-state index contributed by atoms with van der Waals surface area (Å²) in [6.45, 7) is 3.39. The van der Waals surface area contributed by atoms with Crippen molar-refractivity contribution in [3.63, 3.8) is 0 Å². The Kier molecular flexibility index (Phi) is 4.48. The maximum atomic E-state index is 11.6. The molecule has 6 nitrogen and oxygen atoms in total. The first-order valence-electron chi connectivity index (χ1n) is 5.56. The van der Waals surface area contributed by atoms with Crippen LogP contribution in [0.4, 0.5) is 10.5 Å². The zero-order valence-electron chi connectivity index (χ0n) is 10.7. The Morgan fingerprint density at radius 3 is 2.63 bits per heavy atom. The minimum atomic E-state index is -0.957. The number of carboxylic acid groups (broad SMARTS) is 1. The van der Waals surface area contributed by atoms with Crippen LogP contribution in [0.3, 0.4) is 0 Å². The van der Waals surface area contributed by atoms with Gasteiger partial charge in [0.25, 0.3) is 0 Å². The van der Waals surface area contributed by atoms with E-state index in [2.05, 4.69) is 21.5 Å². The van der Waals surface area contributed by atoms with Gasteiger partial charge in [0, 0.05) is 0 Å². The minimum absolute atomic E-state index is 0.156. The average Bonchev–Trinajstić information content (AvgIpc) is 2.30. The fourth-order valence-corrected chi connectivity index (χ4v) is 1.24. The van der Waals surface area contributed by atoms with Gasteiger partial charge in [0.05, 0.1) is 29.5 Å². The molecule has 0 aliphatic rings. The number of rotatable bonds is 4. The Hall–Kier alpha value is -2.55. The summed E-state index contributed by atoms with van der Waals surface area (Å²) in [5.74, 6) is 1.48. The van der Waals surface area contributed by atoms with Gasteiger partial charge in [-0.15, -0.1) is 6.42 Å². The summed E-state index contributed by atoms with van der Waals surface area (Å²) in [4.78, 5) is 26.0. The molecule has 1 rings (SSSR count). The van der Waals surface area contributed by atoms with Crippen LogP contribution >= 0.6 is 0 Å². The molecule has 0 aliphatic carbocycles. The quantitative estimate of drug-likeness (QED) is 0.711. The summed E-state index contributed by atoms with van der Waals surface area (Å²) >= 11 is 0. The molecular formula is C13H15N3O3. The Morgan fingerprint density at radius 2 is 2.16 bits per heavy atom. The summed E-state index contributed by atoms with van der Waals surface area (Å²) in [6, 6.07) is 2.67. The smallest absolute Gasteiger partial charge is 0.320 e. The SMILES string of the molecule is C#CC(C)(C)NC(=O)Nc1ccc(CC(=O)O)nc1. The topological polar surface area (TPSA) is 91.3 Å². The van der Waals surface area contributed by atoms with E-state index < -0.39 is 17.5 Å². The number of hydrogen-bond acceptors (Lipinski definition) is 3. The minimum Gasteiger partial charge on any atom is -0.481 e. The van der Waals surface area contributed by atoms with Gasteiger partial charge in [-0.3, -0.25) is 9.78 Å². The van der Waals surface area contributed by atoms with E-state index in [1.165, 1.54) is 12.3 Å². The highest BCUT2D eigenvalue weighted by atomic mass is 16.4. The largest absolute Gasteiger partial charge is 0.481 e. The van der Waals surface area contributed by atoms with Crippen LogP contribution in [0.1, 0.15) is 19.5 Å². The second-order valence-corrected chi connectivity index (χ2v) is 4.46. The first-order chi connectivity index (χ1) is 8.82. The van der Waals surface area contributed by atoms with Crippen molar-refractivity contribution in [3.05, 3.63) is 24.0 Å². The number of aromatic nitrogens is 1. The van der Waals surface area contributed by atoms with Crippen molar-refractivity contribution in [1.29, 1.82) is 0 Å². The molecule has 3 N–H and O–H groups in total. The van der Waals surface area contributed by atoms with Crippen LogP contribution in [0.5, 0.6) is 0 Å². The Balaban J connectivity index is 2.61. The standard InChI is InChI=1S/C13H15N3O3/c1-4-13(2,3)16-12(19)15-10-6-5-9(14-8-10)7-11(17)18/h1,5-6,8H,7H2,2-3H3,(H,17,18)(H2,15,16,19). The number of aliphatic carboxylic acids is 1. The average molecular weight is 261 g/mol. The van der Waals surface area contributed by atoms with Gasteiger partial charge in [0.15, 0.2) is 0 Å². The predicted molar refractivity (Wildman–Crippen MR) is 70.6 cm³/mol. The van der Waals surface area contributed by atoms with Crippen LogP contribution in [0.15, 0.2) is 18.3 Å². The molecule has 0 radical (unpaired) electrons. The molecule has 1 aromatic rings. The highest BCUT2D eigenvalue weighted by Gasteiger charge is 2.16. The second-order valence-electron chi connectivity index (χ2n) is 4.46. The normalized spacial score (nSPS) is 10.4. The first kappa shape index (κ1) is 14.5. The summed E-state index contributed by atoms with van der Waals surface area (Å²) in [5, 5.41) is 13.7. The van der Waals surface area contributed by atoms with Gasteiger partial charge in [-0.1, -0.05) is 5.92 Å². The van der Waals surface area contributed by atoms with Crippen molar-refractivity contribution in [1.82, 2.24) is 10.3 Å².